The van der Waals surface area contributed by atoms with E-state index in [2.05, 4.69) is 19.2 Å². The largest absolute Gasteiger partial charge is 0.496 e. The van der Waals surface area contributed by atoms with Crippen molar-refractivity contribution in [3.05, 3.63) is 29.8 Å². The first-order valence-corrected chi connectivity index (χ1v) is 7.85. The Bertz CT molecular complexity index is 485. The first kappa shape index (κ1) is 16.8. The van der Waals surface area contributed by atoms with Gasteiger partial charge >= 0.3 is 0 Å². The second-order valence-corrected chi connectivity index (χ2v) is 5.85. The van der Waals surface area contributed by atoms with Crippen LogP contribution in [-0.2, 0) is 16.1 Å². The zero-order chi connectivity index (χ0) is 15.9. The molecule has 1 aromatic carbocycles. The van der Waals surface area contributed by atoms with Crippen LogP contribution in [0.25, 0.3) is 0 Å². The van der Waals surface area contributed by atoms with Crippen LogP contribution in [0.15, 0.2) is 24.3 Å². The number of hydrogen-bond acceptors (Lipinski definition) is 4. The fraction of sp³-hybridized carbons (Fsp3) is 0.588. The number of benzene rings is 1. The van der Waals surface area contributed by atoms with Gasteiger partial charge in [0.15, 0.2) is 0 Å². The number of carbonyl (C=O) groups excluding carboxylic acids is 1. The van der Waals surface area contributed by atoms with Crippen molar-refractivity contribution in [3.63, 3.8) is 0 Å². The second-order valence-electron chi connectivity index (χ2n) is 5.85. The molecule has 1 N–H and O–H groups in total. The van der Waals surface area contributed by atoms with Gasteiger partial charge in [0, 0.05) is 25.2 Å². The van der Waals surface area contributed by atoms with Crippen molar-refractivity contribution in [2.45, 2.75) is 26.4 Å². The lowest BCUT2D eigenvalue weighted by Gasteiger charge is -2.32. The Balaban J connectivity index is 2.00. The minimum absolute atomic E-state index is 0.160. The molecule has 1 fully saturated rings. The molecule has 0 aromatic heterocycles. The van der Waals surface area contributed by atoms with Gasteiger partial charge in [0.2, 0.25) is 5.91 Å². The Morgan fingerprint density at radius 3 is 2.64 bits per heavy atom. The Kier molecular flexibility index (Phi) is 6.21. The number of morpholine rings is 1. The van der Waals surface area contributed by atoms with Crippen LogP contribution < -0.4 is 10.1 Å². The van der Waals surface area contributed by atoms with Crippen molar-refractivity contribution >= 4 is 5.91 Å². The van der Waals surface area contributed by atoms with Crippen LogP contribution >= 0.6 is 0 Å². The molecule has 1 saturated heterocycles. The summed E-state index contributed by atoms with van der Waals surface area (Å²) in [5, 5.41) is 3.40. The lowest BCUT2D eigenvalue weighted by molar-refractivity contribution is -0.138. The predicted molar refractivity (Wildman–Crippen MR) is 85.9 cm³/mol. The number of rotatable bonds is 6. The molecule has 1 atom stereocenters. The highest BCUT2D eigenvalue weighted by atomic mass is 16.5. The average molecular weight is 306 g/mol. The van der Waals surface area contributed by atoms with E-state index in [0.717, 1.165) is 11.3 Å². The Hall–Kier alpha value is -1.59. The number of hydrogen-bond donors (Lipinski definition) is 1. The lowest BCUT2D eigenvalue weighted by Crippen LogP contribution is -2.52. The topological polar surface area (TPSA) is 50.8 Å². The van der Waals surface area contributed by atoms with Crippen LogP contribution in [0, 0.1) is 5.92 Å². The van der Waals surface area contributed by atoms with Crippen LogP contribution in [0.5, 0.6) is 5.75 Å². The van der Waals surface area contributed by atoms with E-state index in [4.69, 9.17) is 9.47 Å². The molecular formula is C17H26N2O3. The molecule has 0 radical (unpaired) electrons. The van der Waals surface area contributed by atoms with Crippen molar-refractivity contribution in [3.8, 4) is 5.75 Å². The fourth-order valence-electron chi connectivity index (χ4n) is 2.66. The summed E-state index contributed by atoms with van der Waals surface area (Å²) in [6.45, 7) is 7.36. The van der Waals surface area contributed by atoms with Crippen LogP contribution in [0.1, 0.15) is 19.4 Å². The van der Waals surface area contributed by atoms with E-state index in [1.165, 1.54) is 0 Å². The van der Waals surface area contributed by atoms with Crippen molar-refractivity contribution < 1.29 is 14.3 Å². The molecule has 0 spiro atoms. The van der Waals surface area contributed by atoms with Crippen molar-refractivity contribution in [2.75, 3.05) is 33.4 Å². The van der Waals surface area contributed by atoms with E-state index in [1.807, 2.05) is 29.2 Å². The zero-order valence-electron chi connectivity index (χ0n) is 13.7. The van der Waals surface area contributed by atoms with E-state index in [9.17, 15) is 4.79 Å². The third-order valence-electron chi connectivity index (χ3n) is 3.96. The van der Waals surface area contributed by atoms with Gasteiger partial charge in [0.05, 0.1) is 26.4 Å². The molecule has 122 valence electrons. The first-order valence-electron chi connectivity index (χ1n) is 7.85. The number of para-hydroxylation sites is 1. The van der Waals surface area contributed by atoms with Crippen LogP contribution in [0.2, 0.25) is 0 Å². The van der Waals surface area contributed by atoms with Gasteiger partial charge in [0.1, 0.15) is 5.75 Å². The normalized spacial score (nSPS) is 16.6. The highest BCUT2D eigenvalue weighted by Gasteiger charge is 2.27. The molecular weight excluding hydrogens is 280 g/mol. The number of nitrogens with one attached hydrogen (secondary N) is 1. The predicted octanol–water partition coefficient (Wildman–Crippen LogP) is 1.67. The van der Waals surface area contributed by atoms with Crippen LogP contribution in [-0.4, -0.2) is 50.3 Å². The van der Waals surface area contributed by atoms with Gasteiger partial charge in [-0.2, -0.15) is 0 Å². The molecule has 1 heterocycles. The summed E-state index contributed by atoms with van der Waals surface area (Å²) >= 11 is 0. The minimum atomic E-state index is -0.192. The molecule has 1 aromatic rings. The molecule has 22 heavy (non-hydrogen) atoms. The van der Waals surface area contributed by atoms with E-state index in [1.54, 1.807) is 7.11 Å². The summed E-state index contributed by atoms with van der Waals surface area (Å²) in [6, 6.07) is 7.69. The third kappa shape index (κ3) is 4.21. The molecule has 5 heteroatoms. The number of amides is 1. The van der Waals surface area contributed by atoms with E-state index < -0.39 is 0 Å². The number of carbonyl (C=O) groups is 1. The molecule has 0 aliphatic carbocycles. The third-order valence-corrected chi connectivity index (χ3v) is 3.96. The van der Waals surface area contributed by atoms with Gasteiger partial charge in [0.25, 0.3) is 0 Å². The van der Waals surface area contributed by atoms with Gasteiger partial charge in [-0.25, -0.2) is 0 Å². The maximum Gasteiger partial charge on any atom is 0.240 e. The second kappa shape index (κ2) is 8.15. The number of ether oxygens (including phenoxy) is 2. The summed E-state index contributed by atoms with van der Waals surface area (Å²) < 4.78 is 10.7. The highest BCUT2D eigenvalue weighted by Crippen LogP contribution is 2.18. The minimum Gasteiger partial charge on any atom is -0.496 e. The first-order chi connectivity index (χ1) is 10.6. The molecule has 1 aliphatic rings. The van der Waals surface area contributed by atoms with Crippen molar-refractivity contribution in [2.24, 2.45) is 5.92 Å². The van der Waals surface area contributed by atoms with Gasteiger partial charge in [-0.3, -0.25) is 4.79 Å². The lowest BCUT2D eigenvalue weighted by atomic mass is 10.0. The number of methoxy groups -OCH3 is 1. The highest BCUT2D eigenvalue weighted by molar-refractivity contribution is 5.82. The van der Waals surface area contributed by atoms with E-state index in [-0.39, 0.29) is 17.9 Å². The van der Waals surface area contributed by atoms with Gasteiger partial charge in [-0.1, -0.05) is 32.0 Å². The van der Waals surface area contributed by atoms with Gasteiger partial charge in [-0.15, -0.1) is 0 Å². The van der Waals surface area contributed by atoms with E-state index >= 15 is 0 Å². The summed E-state index contributed by atoms with van der Waals surface area (Å²) in [4.78, 5) is 14.6. The zero-order valence-corrected chi connectivity index (χ0v) is 13.7. The molecule has 2 rings (SSSR count). The summed E-state index contributed by atoms with van der Waals surface area (Å²) in [5.41, 5.74) is 1.06. The SMILES string of the molecule is COc1ccccc1CN[C@@H](C(=O)N1CCOCC1)C(C)C. The standard InChI is InChI=1S/C17H26N2O3/c1-13(2)16(17(20)19-8-10-22-11-9-19)18-12-14-6-4-5-7-15(14)21-3/h4-7,13,16,18H,8-12H2,1-3H3/t16-/m1/s1. The molecule has 0 saturated carbocycles. The van der Waals surface area contributed by atoms with Crippen LogP contribution in [0.4, 0.5) is 0 Å². The Morgan fingerprint density at radius 1 is 1.32 bits per heavy atom. The maximum absolute atomic E-state index is 12.7. The summed E-state index contributed by atoms with van der Waals surface area (Å²) in [5.74, 6) is 1.23. The average Bonchev–Trinajstić information content (AvgIpc) is 2.55. The van der Waals surface area contributed by atoms with Crippen LogP contribution in [0.3, 0.4) is 0 Å². The maximum atomic E-state index is 12.7. The molecule has 0 bridgehead atoms. The number of nitrogens with zero attached hydrogens (tertiary/aromatic N) is 1. The Labute approximate surface area is 132 Å². The summed E-state index contributed by atoms with van der Waals surface area (Å²) in [7, 11) is 1.66. The quantitative estimate of drug-likeness (QED) is 0.868. The van der Waals surface area contributed by atoms with Crippen molar-refractivity contribution in [1.29, 1.82) is 0 Å². The summed E-state index contributed by atoms with van der Waals surface area (Å²) in [6.07, 6.45) is 0. The molecule has 1 amide bonds. The fourth-order valence-corrected chi connectivity index (χ4v) is 2.66. The molecule has 0 unspecified atom stereocenters. The van der Waals surface area contributed by atoms with Gasteiger partial charge < -0.3 is 19.7 Å². The van der Waals surface area contributed by atoms with E-state index in [0.29, 0.717) is 32.8 Å². The molecule has 1 aliphatic heterocycles. The Morgan fingerprint density at radius 2 is 2.00 bits per heavy atom. The van der Waals surface area contributed by atoms with Gasteiger partial charge in [-0.05, 0) is 12.0 Å². The smallest absolute Gasteiger partial charge is 0.240 e. The van der Waals surface area contributed by atoms with Crippen molar-refractivity contribution in [1.82, 2.24) is 10.2 Å². The monoisotopic (exact) mass is 306 g/mol. The molecule has 5 nitrogen and oxygen atoms in total.